The molecule has 0 aliphatic rings. The number of carbonyl (C=O) groups is 1. The van der Waals surface area contributed by atoms with E-state index in [4.69, 9.17) is 5.73 Å². The summed E-state index contributed by atoms with van der Waals surface area (Å²) in [5.74, 6) is -0.696. The summed E-state index contributed by atoms with van der Waals surface area (Å²) >= 11 is 0. The standard InChI is InChI=1S/C7H7FN2O/c8-4-5-2-1-3-10-6(5)7(9)11/h1-3H,4H2,(H2,9,11). The molecule has 1 amide bonds. The molecule has 3 nitrogen and oxygen atoms in total. The Balaban J connectivity index is 3.12. The Morgan fingerprint density at radius 1 is 1.73 bits per heavy atom. The summed E-state index contributed by atoms with van der Waals surface area (Å²) in [5, 5.41) is 0. The molecule has 0 fully saturated rings. The first-order valence-corrected chi connectivity index (χ1v) is 3.05. The maximum Gasteiger partial charge on any atom is 0.267 e. The van der Waals surface area contributed by atoms with E-state index < -0.39 is 12.6 Å². The van der Waals surface area contributed by atoms with Crippen molar-refractivity contribution in [2.75, 3.05) is 0 Å². The van der Waals surface area contributed by atoms with Crippen molar-refractivity contribution in [3.63, 3.8) is 0 Å². The van der Waals surface area contributed by atoms with Crippen LogP contribution in [0.2, 0.25) is 0 Å². The molecular weight excluding hydrogens is 147 g/mol. The third-order valence-corrected chi connectivity index (χ3v) is 1.27. The van der Waals surface area contributed by atoms with Gasteiger partial charge in [0.1, 0.15) is 12.4 Å². The molecule has 1 heterocycles. The fourth-order valence-corrected chi connectivity index (χ4v) is 0.768. The number of primary amides is 1. The van der Waals surface area contributed by atoms with E-state index in [2.05, 4.69) is 4.98 Å². The first-order valence-electron chi connectivity index (χ1n) is 3.05. The van der Waals surface area contributed by atoms with Crippen LogP contribution in [0.4, 0.5) is 4.39 Å². The van der Waals surface area contributed by atoms with Gasteiger partial charge in [-0.05, 0) is 6.07 Å². The fraction of sp³-hybridized carbons (Fsp3) is 0.143. The Morgan fingerprint density at radius 2 is 2.45 bits per heavy atom. The molecule has 0 radical (unpaired) electrons. The number of nitrogens with two attached hydrogens (primary N) is 1. The average molecular weight is 154 g/mol. The van der Waals surface area contributed by atoms with E-state index in [0.717, 1.165) is 0 Å². The number of halogens is 1. The number of amides is 1. The van der Waals surface area contributed by atoms with Crippen molar-refractivity contribution in [1.29, 1.82) is 0 Å². The van der Waals surface area contributed by atoms with Gasteiger partial charge in [0.25, 0.3) is 5.91 Å². The van der Waals surface area contributed by atoms with Crippen LogP contribution in [-0.2, 0) is 6.67 Å². The van der Waals surface area contributed by atoms with Gasteiger partial charge >= 0.3 is 0 Å². The van der Waals surface area contributed by atoms with E-state index in [1.165, 1.54) is 12.3 Å². The molecule has 0 unspecified atom stereocenters. The minimum absolute atomic E-state index is 0.00926. The number of pyridine rings is 1. The van der Waals surface area contributed by atoms with E-state index in [-0.39, 0.29) is 11.3 Å². The molecule has 58 valence electrons. The van der Waals surface area contributed by atoms with Gasteiger partial charge in [0.2, 0.25) is 0 Å². The van der Waals surface area contributed by atoms with E-state index in [0.29, 0.717) is 0 Å². The van der Waals surface area contributed by atoms with Crippen LogP contribution in [0, 0.1) is 0 Å². The van der Waals surface area contributed by atoms with Crippen molar-refractivity contribution in [3.8, 4) is 0 Å². The van der Waals surface area contributed by atoms with Crippen LogP contribution in [-0.4, -0.2) is 10.9 Å². The van der Waals surface area contributed by atoms with Crippen molar-refractivity contribution < 1.29 is 9.18 Å². The molecule has 0 aromatic carbocycles. The maximum absolute atomic E-state index is 12.1. The summed E-state index contributed by atoms with van der Waals surface area (Å²) in [6.07, 6.45) is 1.40. The van der Waals surface area contributed by atoms with Gasteiger partial charge in [0, 0.05) is 11.8 Å². The minimum atomic E-state index is -0.716. The van der Waals surface area contributed by atoms with Crippen LogP contribution in [0.5, 0.6) is 0 Å². The molecule has 0 aliphatic carbocycles. The second-order valence-corrected chi connectivity index (χ2v) is 2.01. The van der Waals surface area contributed by atoms with Crippen molar-refractivity contribution in [2.24, 2.45) is 5.73 Å². The van der Waals surface area contributed by atoms with E-state index >= 15 is 0 Å². The lowest BCUT2D eigenvalue weighted by Gasteiger charge is -1.98. The van der Waals surface area contributed by atoms with Gasteiger partial charge in [-0.3, -0.25) is 9.78 Å². The molecule has 0 saturated carbocycles. The zero-order valence-corrected chi connectivity index (χ0v) is 5.75. The second kappa shape index (κ2) is 3.09. The Morgan fingerprint density at radius 3 is 2.91 bits per heavy atom. The third-order valence-electron chi connectivity index (χ3n) is 1.27. The third kappa shape index (κ3) is 1.52. The number of nitrogens with zero attached hydrogens (tertiary/aromatic N) is 1. The number of alkyl halides is 1. The van der Waals surface area contributed by atoms with E-state index in [9.17, 15) is 9.18 Å². The van der Waals surface area contributed by atoms with Crippen LogP contribution in [0.1, 0.15) is 16.1 Å². The largest absolute Gasteiger partial charge is 0.364 e. The number of hydrogen-bond donors (Lipinski definition) is 1. The van der Waals surface area contributed by atoms with E-state index in [1.807, 2.05) is 0 Å². The molecule has 0 saturated heterocycles. The molecule has 0 atom stereocenters. The molecule has 0 spiro atoms. The summed E-state index contributed by atoms with van der Waals surface area (Å²) < 4.78 is 12.1. The predicted octanol–water partition coefficient (Wildman–Crippen LogP) is 0.650. The number of rotatable bonds is 2. The molecule has 4 heteroatoms. The Kier molecular flexibility index (Phi) is 2.15. The normalized spacial score (nSPS) is 9.55. The summed E-state index contributed by atoms with van der Waals surface area (Å²) in [6.45, 7) is -0.716. The van der Waals surface area contributed by atoms with Crippen LogP contribution in [0.3, 0.4) is 0 Å². The van der Waals surface area contributed by atoms with E-state index in [1.54, 1.807) is 6.07 Å². The smallest absolute Gasteiger partial charge is 0.267 e. The van der Waals surface area contributed by atoms with Gasteiger partial charge in [0.15, 0.2) is 0 Å². The number of hydrogen-bond acceptors (Lipinski definition) is 2. The molecule has 11 heavy (non-hydrogen) atoms. The predicted molar refractivity (Wildman–Crippen MR) is 37.6 cm³/mol. The topological polar surface area (TPSA) is 56.0 Å². The maximum atomic E-state index is 12.1. The highest BCUT2D eigenvalue weighted by atomic mass is 19.1. The lowest BCUT2D eigenvalue weighted by Crippen LogP contribution is -2.15. The fourth-order valence-electron chi connectivity index (χ4n) is 0.768. The van der Waals surface area contributed by atoms with Crippen LogP contribution in [0.15, 0.2) is 18.3 Å². The van der Waals surface area contributed by atoms with Gasteiger partial charge in [-0.15, -0.1) is 0 Å². The average Bonchev–Trinajstić information content (AvgIpc) is 2.04. The quantitative estimate of drug-likeness (QED) is 0.679. The summed E-state index contributed by atoms with van der Waals surface area (Å²) in [7, 11) is 0. The summed E-state index contributed by atoms with van der Waals surface area (Å²) in [6, 6.07) is 3.04. The zero-order chi connectivity index (χ0) is 8.27. The summed E-state index contributed by atoms with van der Waals surface area (Å²) in [4.78, 5) is 14.2. The molecule has 0 bridgehead atoms. The monoisotopic (exact) mass is 154 g/mol. The van der Waals surface area contributed by atoms with Crippen molar-refractivity contribution in [1.82, 2.24) is 4.98 Å². The number of carbonyl (C=O) groups excluding carboxylic acids is 1. The van der Waals surface area contributed by atoms with Crippen LogP contribution >= 0.6 is 0 Å². The van der Waals surface area contributed by atoms with Crippen molar-refractivity contribution >= 4 is 5.91 Å². The molecular formula is C7H7FN2O. The first kappa shape index (κ1) is 7.65. The van der Waals surface area contributed by atoms with Crippen LogP contribution in [0.25, 0.3) is 0 Å². The van der Waals surface area contributed by atoms with Crippen LogP contribution < -0.4 is 5.73 Å². The molecule has 1 aromatic rings. The molecule has 1 rings (SSSR count). The molecule has 2 N–H and O–H groups in total. The highest BCUT2D eigenvalue weighted by Crippen LogP contribution is 2.05. The Bertz CT molecular complexity index is 275. The molecule has 0 aliphatic heterocycles. The SMILES string of the molecule is NC(=O)c1ncccc1CF. The first-order chi connectivity index (χ1) is 5.25. The van der Waals surface area contributed by atoms with Gasteiger partial charge in [0.05, 0.1) is 0 Å². The van der Waals surface area contributed by atoms with Gasteiger partial charge < -0.3 is 5.73 Å². The molecule has 1 aromatic heterocycles. The van der Waals surface area contributed by atoms with Gasteiger partial charge in [-0.2, -0.15) is 0 Å². The van der Waals surface area contributed by atoms with Crippen molar-refractivity contribution in [2.45, 2.75) is 6.67 Å². The summed E-state index contributed by atoms with van der Waals surface area (Å²) in [5.41, 5.74) is 5.17. The highest BCUT2D eigenvalue weighted by Gasteiger charge is 2.07. The zero-order valence-electron chi connectivity index (χ0n) is 5.75. The van der Waals surface area contributed by atoms with Gasteiger partial charge in [-0.1, -0.05) is 6.07 Å². The second-order valence-electron chi connectivity index (χ2n) is 2.01. The highest BCUT2D eigenvalue weighted by molar-refractivity contribution is 5.92. The Hall–Kier alpha value is -1.45. The van der Waals surface area contributed by atoms with Crippen molar-refractivity contribution in [3.05, 3.63) is 29.6 Å². The lowest BCUT2D eigenvalue weighted by molar-refractivity contribution is 0.0994. The Labute approximate surface area is 63.0 Å². The number of aromatic nitrogens is 1. The van der Waals surface area contributed by atoms with Gasteiger partial charge in [-0.25, -0.2) is 4.39 Å². The minimum Gasteiger partial charge on any atom is -0.364 e. The lowest BCUT2D eigenvalue weighted by atomic mass is 10.2.